The zero-order chi connectivity index (χ0) is 18.5. The quantitative estimate of drug-likeness (QED) is 0.566. The van der Waals surface area contributed by atoms with Crippen LogP contribution in [0.3, 0.4) is 0 Å². The molecule has 6 nitrogen and oxygen atoms in total. The van der Waals surface area contributed by atoms with E-state index in [2.05, 4.69) is 30.2 Å². The van der Waals surface area contributed by atoms with Crippen LogP contribution in [-0.4, -0.2) is 33.5 Å². The van der Waals surface area contributed by atoms with Crippen LogP contribution in [0.4, 0.5) is 17.5 Å². The third kappa shape index (κ3) is 4.00. The highest BCUT2D eigenvalue weighted by Gasteiger charge is 2.07. The van der Waals surface area contributed by atoms with Crippen molar-refractivity contribution in [3.8, 4) is 0 Å². The zero-order valence-electron chi connectivity index (χ0n) is 15.1. The van der Waals surface area contributed by atoms with Crippen molar-refractivity contribution >= 4 is 28.4 Å². The van der Waals surface area contributed by atoms with Crippen LogP contribution in [0.2, 0.25) is 0 Å². The second-order valence-corrected chi connectivity index (χ2v) is 6.27. The fourth-order valence-electron chi connectivity index (χ4n) is 2.91. The molecule has 1 aromatic carbocycles. The molecule has 0 bridgehead atoms. The van der Waals surface area contributed by atoms with Crippen molar-refractivity contribution in [3.05, 3.63) is 78.9 Å². The molecule has 134 valence electrons. The van der Waals surface area contributed by atoms with Gasteiger partial charge in [-0.3, -0.25) is 9.97 Å². The first-order chi connectivity index (χ1) is 13.3. The lowest BCUT2D eigenvalue weighted by molar-refractivity contribution is 0.855. The van der Waals surface area contributed by atoms with E-state index in [9.17, 15) is 0 Å². The minimum atomic E-state index is 0.557. The molecule has 4 aromatic rings. The molecule has 4 rings (SSSR count). The highest BCUT2D eigenvalue weighted by molar-refractivity contribution is 5.91. The molecule has 0 saturated carbocycles. The molecule has 0 aliphatic heterocycles. The number of aromatic nitrogens is 4. The maximum absolute atomic E-state index is 4.65. The van der Waals surface area contributed by atoms with Crippen molar-refractivity contribution in [2.45, 2.75) is 6.42 Å². The Balaban J connectivity index is 1.50. The van der Waals surface area contributed by atoms with Gasteiger partial charge in [-0.2, -0.15) is 4.98 Å². The topological polar surface area (TPSA) is 66.8 Å². The molecule has 1 N–H and O–H groups in total. The number of benzene rings is 1. The highest BCUT2D eigenvalue weighted by Crippen LogP contribution is 2.23. The van der Waals surface area contributed by atoms with Gasteiger partial charge in [0.2, 0.25) is 5.95 Å². The van der Waals surface area contributed by atoms with E-state index in [0.717, 1.165) is 35.4 Å². The van der Waals surface area contributed by atoms with Crippen molar-refractivity contribution in [2.75, 3.05) is 23.8 Å². The van der Waals surface area contributed by atoms with Gasteiger partial charge in [-0.15, -0.1) is 0 Å². The van der Waals surface area contributed by atoms with E-state index < -0.39 is 0 Å². The Morgan fingerprint density at radius 1 is 0.889 bits per heavy atom. The smallest absolute Gasteiger partial charge is 0.229 e. The first-order valence-electron chi connectivity index (χ1n) is 8.83. The van der Waals surface area contributed by atoms with Crippen LogP contribution in [-0.2, 0) is 6.42 Å². The number of rotatable bonds is 6. The van der Waals surface area contributed by atoms with Gasteiger partial charge in [0.25, 0.3) is 0 Å². The van der Waals surface area contributed by atoms with Gasteiger partial charge in [0.15, 0.2) is 0 Å². The summed E-state index contributed by atoms with van der Waals surface area (Å²) in [7, 11) is 2.03. The van der Waals surface area contributed by atoms with Crippen LogP contribution in [0.1, 0.15) is 5.56 Å². The maximum Gasteiger partial charge on any atom is 0.229 e. The number of hydrogen-bond donors (Lipinski definition) is 1. The van der Waals surface area contributed by atoms with E-state index in [1.807, 2.05) is 68.0 Å². The fourth-order valence-corrected chi connectivity index (χ4v) is 2.91. The van der Waals surface area contributed by atoms with Crippen molar-refractivity contribution in [1.82, 2.24) is 19.9 Å². The van der Waals surface area contributed by atoms with Crippen LogP contribution in [0.15, 0.2) is 73.3 Å². The number of nitrogens with one attached hydrogen (secondary N) is 1. The average molecular weight is 356 g/mol. The molecule has 0 saturated heterocycles. The van der Waals surface area contributed by atoms with Crippen LogP contribution < -0.4 is 10.2 Å². The Bertz CT molecular complexity index is 1030. The lowest BCUT2D eigenvalue weighted by Gasteiger charge is -2.18. The fraction of sp³-hybridized carbons (Fsp3) is 0.143. The van der Waals surface area contributed by atoms with E-state index in [-0.39, 0.29) is 0 Å². The Hall–Kier alpha value is -3.54. The number of para-hydroxylation sites is 1. The SMILES string of the molecule is CN(CCc1ccncc1)c1ccnc(Nc2cccc3cccnc23)n1. The van der Waals surface area contributed by atoms with Crippen molar-refractivity contribution in [1.29, 1.82) is 0 Å². The molecule has 3 aromatic heterocycles. The Kier molecular flexibility index (Phi) is 4.87. The average Bonchev–Trinajstić information content (AvgIpc) is 2.73. The third-order valence-electron chi connectivity index (χ3n) is 4.40. The standard InChI is InChI=1S/C21H20N6/c1-27(15-10-16-7-12-22-13-8-16)19-9-14-24-21(26-19)25-18-6-2-4-17-5-3-11-23-20(17)18/h2-9,11-14H,10,15H2,1H3,(H,24,25,26). The summed E-state index contributed by atoms with van der Waals surface area (Å²) in [5.74, 6) is 1.43. The molecular formula is C21H20N6. The predicted molar refractivity (Wildman–Crippen MR) is 108 cm³/mol. The summed E-state index contributed by atoms with van der Waals surface area (Å²) in [5, 5.41) is 4.37. The third-order valence-corrected chi connectivity index (χ3v) is 4.40. The van der Waals surface area contributed by atoms with Crippen molar-refractivity contribution in [3.63, 3.8) is 0 Å². The van der Waals surface area contributed by atoms with Gasteiger partial charge in [0.1, 0.15) is 5.82 Å². The van der Waals surface area contributed by atoms with E-state index in [0.29, 0.717) is 5.95 Å². The summed E-state index contributed by atoms with van der Waals surface area (Å²) < 4.78 is 0. The number of nitrogens with zero attached hydrogens (tertiary/aromatic N) is 5. The normalized spacial score (nSPS) is 10.7. The number of pyridine rings is 2. The van der Waals surface area contributed by atoms with Gasteiger partial charge in [-0.1, -0.05) is 18.2 Å². The number of likely N-dealkylation sites (N-methyl/N-ethyl adjacent to an activating group) is 1. The first-order valence-corrected chi connectivity index (χ1v) is 8.83. The van der Waals surface area contributed by atoms with Crippen molar-refractivity contribution in [2.24, 2.45) is 0 Å². The minimum absolute atomic E-state index is 0.557. The van der Waals surface area contributed by atoms with Gasteiger partial charge in [-0.25, -0.2) is 4.98 Å². The summed E-state index contributed by atoms with van der Waals surface area (Å²) in [5.41, 5.74) is 3.05. The zero-order valence-corrected chi connectivity index (χ0v) is 15.1. The van der Waals surface area contributed by atoms with Gasteiger partial charge in [0, 0.05) is 43.8 Å². The highest BCUT2D eigenvalue weighted by atomic mass is 15.2. The molecule has 0 aliphatic carbocycles. The molecule has 0 spiro atoms. The van der Waals surface area contributed by atoms with Gasteiger partial charge in [0.05, 0.1) is 11.2 Å². The number of anilines is 3. The molecule has 27 heavy (non-hydrogen) atoms. The van der Waals surface area contributed by atoms with E-state index >= 15 is 0 Å². The van der Waals surface area contributed by atoms with E-state index in [1.165, 1.54) is 5.56 Å². The summed E-state index contributed by atoms with van der Waals surface area (Å²) >= 11 is 0. The van der Waals surface area contributed by atoms with E-state index in [1.54, 1.807) is 12.4 Å². The molecule has 3 heterocycles. The molecule has 6 heteroatoms. The van der Waals surface area contributed by atoms with Crippen LogP contribution in [0.25, 0.3) is 10.9 Å². The molecule has 0 amide bonds. The molecular weight excluding hydrogens is 336 g/mol. The Morgan fingerprint density at radius 2 is 1.74 bits per heavy atom. The second kappa shape index (κ2) is 7.78. The van der Waals surface area contributed by atoms with Gasteiger partial charge in [-0.05, 0) is 42.3 Å². The van der Waals surface area contributed by atoms with Crippen LogP contribution in [0.5, 0.6) is 0 Å². The summed E-state index contributed by atoms with van der Waals surface area (Å²) in [4.78, 5) is 19.6. The largest absolute Gasteiger partial charge is 0.359 e. The van der Waals surface area contributed by atoms with Gasteiger partial charge < -0.3 is 10.2 Å². The molecule has 0 atom stereocenters. The molecule has 0 unspecified atom stereocenters. The van der Waals surface area contributed by atoms with Crippen LogP contribution >= 0.6 is 0 Å². The summed E-state index contributed by atoms with van der Waals surface area (Å²) in [6.45, 7) is 0.857. The second-order valence-electron chi connectivity index (χ2n) is 6.27. The summed E-state index contributed by atoms with van der Waals surface area (Å²) in [6, 6.07) is 16.0. The number of hydrogen-bond acceptors (Lipinski definition) is 6. The monoisotopic (exact) mass is 356 g/mol. The first kappa shape index (κ1) is 16.9. The van der Waals surface area contributed by atoms with Gasteiger partial charge >= 0.3 is 0 Å². The van der Waals surface area contributed by atoms with Crippen LogP contribution in [0, 0.1) is 0 Å². The lowest BCUT2D eigenvalue weighted by atomic mass is 10.2. The predicted octanol–water partition coefficient (Wildman–Crippen LogP) is 3.84. The lowest BCUT2D eigenvalue weighted by Crippen LogP contribution is -2.21. The Morgan fingerprint density at radius 3 is 2.63 bits per heavy atom. The minimum Gasteiger partial charge on any atom is -0.359 e. The number of fused-ring (bicyclic) bond motifs is 1. The van der Waals surface area contributed by atoms with Crippen molar-refractivity contribution < 1.29 is 0 Å². The Labute approximate surface area is 158 Å². The molecule has 0 radical (unpaired) electrons. The molecule has 0 fully saturated rings. The van der Waals surface area contributed by atoms with E-state index in [4.69, 9.17) is 0 Å². The maximum atomic E-state index is 4.65. The molecule has 0 aliphatic rings. The summed E-state index contributed by atoms with van der Waals surface area (Å²) in [6.07, 6.45) is 8.13.